The van der Waals surface area contributed by atoms with E-state index in [0.717, 1.165) is 0 Å². The molecule has 1 aromatic rings. The summed E-state index contributed by atoms with van der Waals surface area (Å²) in [5, 5.41) is 6.56. The summed E-state index contributed by atoms with van der Waals surface area (Å²) in [7, 11) is 1.47. The van der Waals surface area contributed by atoms with E-state index in [1.54, 1.807) is 4.90 Å². The van der Waals surface area contributed by atoms with Crippen molar-refractivity contribution < 1.29 is 13.2 Å². The molecule has 8 heteroatoms. The topological polar surface area (TPSA) is 83.1 Å². The van der Waals surface area contributed by atoms with Crippen molar-refractivity contribution in [3.05, 3.63) is 11.4 Å². The summed E-state index contributed by atoms with van der Waals surface area (Å²) in [5.41, 5.74) is 0.267. The average Bonchev–Trinajstić information content (AvgIpc) is 2.92. The van der Waals surface area contributed by atoms with Crippen LogP contribution >= 0.6 is 10.7 Å². The molecule has 0 bridgehead atoms. The Morgan fingerprint density at radius 3 is 2.29 bits per heavy atom. The van der Waals surface area contributed by atoms with Gasteiger partial charge >= 0.3 is 0 Å². The van der Waals surface area contributed by atoms with E-state index >= 15 is 0 Å². The van der Waals surface area contributed by atoms with Gasteiger partial charge in [-0.3, -0.25) is 9.89 Å². The van der Waals surface area contributed by atoms with Crippen LogP contribution in [0, 0.1) is 11.8 Å². The van der Waals surface area contributed by atoms with Crippen LogP contribution in [-0.4, -0.2) is 42.5 Å². The maximum atomic E-state index is 12.6. The molecule has 1 aliphatic rings. The Hall–Kier alpha value is -1.08. The first-order valence-electron chi connectivity index (χ1n) is 6.95. The highest BCUT2D eigenvalue weighted by Crippen LogP contribution is 2.30. The predicted molar refractivity (Wildman–Crippen MR) is 79.9 cm³/mol. The molecule has 21 heavy (non-hydrogen) atoms. The maximum absolute atomic E-state index is 12.6. The number of amides is 1. The van der Waals surface area contributed by atoms with E-state index in [4.69, 9.17) is 10.7 Å². The van der Waals surface area contributed by atoms with Crippen LogP contribution in [-0.2, 0) is 9.05 Å². The zero-order valence-electron chi connectivity index (χ0n) is 12.6. The first kappa shape index (κ1) is 16.3. The van der Waals surface area contributed by atoms with Crippen molar-refractivity contribution in [1.29, 1.82) is 0 Å². The molecule has 6 nitrogen and oxygen atoms in total. The standard InChI is InChI=1S/C13H20ClN3O3S/c1-7(2)10-12(21(14,19)20)11(16-15-10)13(18)17-5-8(3)9(4)6-17/h7-9H,5-6H2,1-4H3,(H,15,16). The summed E-state index contributed by atoms with van der Waals surface area (Å²) in [4.78, 5) is 14.0. The van der Waals surface area contributed by atoms with Gasteiger partial charge < -0.3 is 4.90 Å². The fourth-order valence-electron chi connectivity index (χ4n) is 2.57. The number of hydrogen-bond acceptors (Lipinski definition) is 4. The number of rotatable bonds is 3. The highest BCUT2D eigenvalue weighted by Gasteiger charge is 2.36. The zero-order chi connectivity index (χ0) is 15.9. The van der Waals surface area contributed by atoms with Gasteiger partial charge in [0.05, 0.1) is 5.69 Å². The molecule has 2 atom stereocenters. The summed E-state index contributed by atoms with van der Waals surface area (Å²) >= 11 is 0. The molecule has 0 aromatic carbocycles. The molecule has 0 aliphatic carbocycles. The van der Waals surface area contributed by atoms with Crippen molar-refractivity contribution in [3.63, 3.8) is 0 Å². The highest BCUT2D eigenvalue weighted by atomic mass is 35.7. The molecule has 1 aliphatic heterocycles. The van der Waals surface area contributed by atoms with E-state index in [1.807, 2.05) is 13.8 Å². The molecule has 1 aromatic heterocycles. The van der Waals surface area contributed by atoms with E-state index in [1.165, 1.54) is 0 Å². The Balaban J connectivity index is 2.43. The third-order valence-electron chi connectivity index (χ3n) is 4.05. The quantitative estimate of drug-likeness (QED) is 0.859. The molecule has 1 amide bonds. The van der Waals surface area contributed by atoms with Crippen LogP contribution in [0.15, 0.2) is 4.90 Å². The summed E-state index contributed by atoms with van der Waals surface area (Å²) in [5.74, 6) is 0.259. The largest absolute Gasteiger partial charge is 0.337 e. The van der Waals surface area contributed by atoms with Crippen molar-refractivity contribution in [2.24, 2.45) is 11.8 Å². The van der Waals surface area contributed by atoms with Crippen LogP contribution in [0.5, 0.6) is 0 Å². The lowest BCUT2D eigenvalue weighted by Crippen LogP contribution is -2.30. The minimum atomic E-state index is -4.04. The van der Waals surface area contributed by atoms with Crippen molar-refractivity contribution in [3.8, 4) is 0 Å². The van der Waals surface area contributed by atoms with E-state index in [0.29, 0.717) is 30.6 Å². The molecular weight excluding hydrogens is 314 g/mol. The van der Waals surface area contributed by atoms with Crippen LogP contribution in [0.1, 0.15) is 49.8 Å². The van der Waals surface area contributed by atoms with E-state index < -0.39 is 9.05 Å². The lowest BCUT2D eigenvalue weighted by atomic mass is 10.0. The molecular formula is C13H20ClN3O3S. The fraction of sp³-hybridized carbons (Fsp3) is 0.692. The van der Waals surface area contributed by atoms with Crippen molar-refractivity contribution in [1.82, 2.24) is 15.1 Å². The Labute approximate surface area is 129 Å². The van der Waals surface area contributed by atoms with Gasteiger partial charge in [-0.05, 0) is 17.8 Å². The van der Waals surface area contributed by atoms with Gasteiger partial charge in [0.1, 0.15) is 4.90 Å². The van der Waals surface area contributed by atoms with Crippen LogP contribution < -0.4 is 0 Å². The molecule has 0 spiro atoms. The molecule has 0 saturated carbocycles. The smallest absolute Gasteiger partial charge is 0.275 e. The van der Waals surface area contributed by atoms with Crippen LogP contribution in [0.25, 0.3) is 0 Å². The Kier molecular flexibility index (Phi) is 4.35. The predicted octanol–water partition coefficient (Wildman–Crippen LogP) is 2.19. The fourth-order valence-corrected chi connectivity index (χ4v) is 3.95. The summed E-state index contributed by atoms with van der Waals surface area (Å²) in [6.45, 7) is 8.97. The molecule has 1 fully saturated rings. The number of likely N-dealkylation sites (tertiary alicyclic amines) is 1. The van der Waals surface area contributed by atoms with E-state index in [9.17, 15) is 13.2 Å². The molecule has 1 N–H and O–H groups in total. The molecule has 2 unspecified atom stereocenters. The van der Waals surface area contributed by atoms with Gasteiger partial charge in [0.25, 0.3) is 15.0 Å². The monoisotopic (exact) mass is 333 g/mol. The third-order valence-corrected chi connectivity index (χ3v) is 5.41. The Morgan fingerprint density at radius 1 is 1.33 bits per heavy atom. The van der Waals surface area contributed by atoms with Gasteiger partial charge in [0.2, 0.25) is 0 Å². The summed E-state index contributed by atoms with van der Waals surface area (Å²) in [6.07, 6.45) is 0. The number of aromatic nitrogens is 2. The lowest BCUT2D eigenvalue weighted by Gasteiger charge is -2.15. The number of H-pyrrole nitrogens is 1. The van der Waals surface area contributed by atoms with Gasteiger partial charge in [0.15, 0.2) is 5.69 Å². The number of nitrogens with zero attached hydrogens (tertiary/aromatic N) is 2. The third kappa shape index (κ3) is 3.08. The van der Waals surface area contributed by atoms with Crippen LogP contribution in [0.3, 0.4) is 0 Å². The Morgan fingerprint density at radius 2 is 1.86 bits per heavy atom. The summed E-state index contributed by atoms with van der Waals surface area (Å²) in [6, 6.07) is 0. The highest BCUT2D eigenvalue weighted by molar-refractivity contribution is 8.13. The molecule has 0 radical (unpaired) electrons. The number of carbonyl (C=O) groups excluding carboxylic acids is 1. The SMILES string of the molecule is CC(C)c1[nH]nc(C(=O)N2CC(C)C(C)C2)c1S(=O)(=O)Cl. The molecule has 2 rings (SSSR count). The first-order valence-corrected chi connectivity index (χ1v) is 9.26. The maximum Gasteiger partial charge on any atom is 0.275 e. The van der Waals surface area contributed by atoms with Gasteiger partial charge in [-0.1, -0.05) is 27.7 Å². The minimum absolute atomic E-state index is 0.102. The van der Waals surface area contributed by atoms with E-state index in [-0.39, 0.29) is 22.4 Å². The van der Waals surface area contributed by atoms with Crippen molar-refractivity contribution in [2.45, 2.75) is 38.5 Å². The van der Waals surface area contributed by atoms with Crippen LogP contribution in [0.4, 0.5) is 0 Å². The van der Waals surface area contributed by atoms with Gasteiger partial charge in [-0.25, -0.2) is 8.42 Å². The van der Waals surface area contributed by atoms with E-state index in [2.05, 4.69) is 24.0 Å². The summed E-state index contributed by atoms with van der Waals surface area (Å²) < 4.78 is 23.6. The number of hydrogen-bond donors (Lipinski definition) is 1. The molecule has 118 valence electrons. The second-order valence-corrected chi connectivity index (χ2v) is 8.58. The number of nitrogens with one attached hydrogen (secondary N) is 1. The normalized spacial score (nSPS) is 23.0. The second-order valence-electron chi connectivity index (χ2n) is 6.07. The van der Waals surface area contributed by atoms with Gasteiger partial charge in [-0.15, -0.1) is 0 Å². The first-order chi connectivity index (χ1) is 9.62. The van der Waals surface area contributed by atoms with Crippen LogP contribution in [0.2, 0.25) is 0 Å². The number of carbonyl (C=O) groups is 1. The van der Waals surface area contributed by atoms with Gasteiger partial charge in [0, 0.05) is 23.8 Å². The second kappa shape index (κ2) is 5.61. The Bertz CT molecular complexity index is 644. The zero-order valence-corrected chi connectivity index (χ0v) is 14.1. The van der Waals surface area contributed by atoms with Crippen molar-refractivity contribution >= 4 is 25.6 Å². The number of halogens is 1. The average molecular weight is 334 g/mol. The van der Waals surface area contributed by atoms with Gasteiger partial charge in [-0.2, -0.15) is 5.10 Å². The lowest BCUT2D eigenvalue weighted by molar-refractivity contribution is 0.0775. The van der Waals surface area contributed by atoms with Crippen molar-refractivity contribution in [2.75, 3.05) is 13.1 Å². The minimum Gasteiger partial charge on any atom is -0.337 e. The number of aromatic amines is 1. The molecule has 2 heterocycles. The molecule has 1 saturated heterocycles.